The molecule has 0 bridgehead atoms. The zero-order valence-electron chi connectivity index (χ0n) is 18.7. The average molecular weight is 432 g/mol. The van der Waals surface area contributed by atoms with Gasteiger partial charge in [-0.2, -0.15) is 0 Å². The fraction of sp³-hybridized carbons (Fsp3) is 0.522. The summed E-state index contributed by atoms with van der Waals surface area (Å²) < 4.78 is 16.1. The third-order valence-corrected chi connectivity index (χ3v) is 4.57. The van der Waals surface area contributed by atoms with Crippen molar-refractivity contribution < 1.29 is 23.5 Å². The highest BCUT2D eigenvalue weighted by molar-refractivity contribution is 5.94. The maximum atomic E-state index is 13.0. The number of ether oxygens (including phenoxy) is 2. The monoisotopic (exact) mass is 431 g/mol. The number of hydrogen-bond acceptors (Lipinski definition) is 6. The van der Waals surface area contributed by atoms with E-state index in [0.717, 1.165) is 12.0 Å². The Balaban J connectivity index is 1.98. The molecule has 0 aliphatic rings. The summed E-state index contributed by atoms with van der Waals surface area (Å²) in [5.74, 6) is -0.104. The Labute approximate surface area is 183 Å². The summed E-state index contributed by atoms with van der Waals surface area (Å²) in [4.78, 5) is 31.2. The highest BCUT2D eigenvalue weighted by Crippen LogP contribution is 2.12. The second kappa shape index (κ2) is 13.6. The molecule has 2 aromatic rings. The van der Waals surface area contributed by atoms with Crippen molar-refractivity contribution >= 4 is 11.8 Å². The number of nitrogens with one attached hydrogen (secondary N) is 1. The van der Waals surface area contributed by atoms with Crippen molar-refractivity contribution in [3.05, 3.63) is 53.2 Å². The molecular formula is C23H33N3O5. The summed E-state index contributed by atoms with van der Waals surface area (Å²) in [6, 6.07) is 7.43. The van der Waals surface area contributed by atoms with Crippen molar-refractivity contribution in [2.24, 2.45) is 0 Å². The SMILES string of the molecule is CCOCCCNC(=O)c1coc(CN(CCCOCC)C(=O)c2ccc(C)cc2)n1. The van der Waals surface area contributed by atoms with Crippen LogP contribution < -0.4 is 5.32 Å². The minimum atomic E-state index is -0.306. The molecule has 170 valence electrons. The molecule has 8 heteroatoms. The van der Waals surface area contributed by atoms with Crippen LogP contribution in [0.4, 0.5) is 0 Å². The summed E-state index contributed by atoms with van der Waals surface area (Å²) in [6.45, 7) is 9.46. The van der Waals surface area contributed by atoms with Crippen LogP contribution in [-0.2, 0) is 16.0 Å². The number of benzene rings is 1. The third-order valence-electron chi connectivity index (χ3n) is 4.57. The molecule has 8 nitrogen and oxygen atoms in total. The lowest BCUT2D eigenvalue weighted by Gasteiger charge is -2.21. The summed E-state index contributed by atoms with van der Waals surface area (Å²) in [5.41, 5.74) is 1.88. The van der Waals surface area contributed by atoms with Gasteiger partial charge >= 0.3 is 0 Å². The van der Waals surface area contributed by atoms with Crippen LogP contribution in [0.25, 0.3) is 0 Å². The number of carbonyl (C=O) groups excluding carboxylic acids is 2. The van der Waals surface area contributed by atoms with E-state index in [2.05, 4.69) is 10.3 Å². The first-order valence-electron chi connectivity index (χ1n) is 10.8. The summed E-state index contributed by atoms with van der Waals surface area (Å²) in [5, 5.41) is 2.79. The maximum absolute atomic E-state index is 13.0. The average Bonchev–Trinajstić information content (AvgIpc) is 3.24. The lowest BCUT2D eigenvalue weighted by molar-refractivity contribution is 0.0695. The minimum Gasteiger partial charge on any atom is -0.446 e. The topological polar surface area (TPSA) is 93.9 Å². The molecule has 0 radical (unpaired) electrons. The van der Waals surface area contributed by atoms with Crippen molar-refractivity contribution in [3.63, 3.8) is 0 Å². The van der Waals surface area contributed by atoms with E-state index < -0.39 is 0 Å². The number of aryl methyl sites for hydroxylation is 1. The van der Waals surface area contributed by atoms with E-state index in [0.29, 0.717) is 57.4 Å². The van der Waals surface area contributed by atoms with Crippen LogP contribution in [0.15, 0.2) is 34.9 Å². The molecule has 0 unspecified atom stereocenters. The Kier molecular flexibility index (Phi) is 10.7. The lowest BCUT2D eigenvalue weighted by atomic mass is 10.1. The predicted octanol–water partition coefficient (Wildman–Crippen LogP) is 3.21. The Bertz CT molecular complexity index is 804. The van der Waals surface area contributed by atoms with Crippen molar-refractivity contribution in [3.8, 4) is 0 Å². The van der Waals surface area contributed by atoms with E-state index in [9.17, 15) is 9.59 Å². The molecule has 1 aromatic carbocycles. The van der Waals surface area contributed by atoms with Crippen LogP contribution in [0.3, 0.4) is 0 Å². The first-order valence-corrected chi connectivity index (χ1v) is 10.8. The van der Waals surface area contributed by atoms with Crippen LogP contribution in [0.2, 0.25) is 0 Å². The molecule has 0 atom stereocenters. The van der Waals surface area contributed by atoms with E-state index in [-0.39, 0.29) is 24.1 Å². The van der Waals surface area contributed by atoms with E-state index in [1.165, 1.54) is 6.26 Å². The second-order valence-electron chi connectivity index (χ2n) is 7.08. The second-order valence-corrected chi connectivity index (χ2v) is 7.08. The predicted molar refractivity (Wildman–Crippen MR) is 117 cm³/mol. The van der Waals surface area contributed by atoms with E-state index in [1.54, 1.807) is 4.90 Å². The molecule has 0 fully saturated rings. The van der Waals surface area contributed by atoms with Gasteiger partial charge in [-0.15, -0.1) is 0 Å². The van der Waals surface area contributed by atoms with Crippen LogP contribution in [0.5, 0.6) is 0 Å². The molecule has 0 aliphatic carbocycles. The minimum absolute atomic E-state index is 0.114. The van der Waals surface area contributed by atoms with Gasteiger partial charge in [-0.3, -0.25) is 9.59 Å². The van der Waals surface area contributed by atoms with Crippen LogP contribution >= 0.6 is 0 Å². The van der Waals surface area contributed by atoms with Gasteiger partial charge in [-0.05, 0) is 45.7 Å². The van der Waals surface area contributed by atoms with Gasteiger partial charge in [0, 0.05) is 45.1 Å². The van der Waals surface area contributed by atoms with Gasteiger partial charge in [0.2, 0.25) is 5.89 Å². The molecule has 1 heterocycles. The molecule has 31 heavy (non-hydrogen) atoms. The Hall–Kier alpha value is -2.71. The molecular weight excluding hydrogens is 398 g/mol. The maximum Gasteiger partial charge on any atom is 0.273 e. The lowest BCUT2D eigenvalue weighted by Crippen LogP contribution is -2.32. The number of amides is 2. The number of rotatable bonds is 14. The van der Waals surface area contributed by atoms with Crippen LogP contribution in [0.1, 0.15) is 59.0 Å². The smallest absolute Gasteiger partial charge is 0.273 e. The Morgan fingerprint density at radius 1 is 1.06 bits per heavy atom. The van der Waals surface area contributed by atoms with Gasteiger partial charge in [-0.25, -0.2) is 4.98 Å². The number of hydrogen-bond donors (Lipinski definition) is 1. The Morgan fingerprint density at radius 2 is 1.74 bits per heavy atom. The molecule has 0 aliphatic heterocycles. The highest BCUT2D eigenvalue weighted by atomic mass is 16.5. The van der Waals surface area contributed by atoms with Crippen LogP contribution in [0, 0.1) is 6.92 Å². The first kappa shape index (κ1) is 24.6. The third kappa shape index (κ3) is 8.51. The number of nitrogens with zero attached hydrogens (tertiary/aromatic N) is 2. The standard InChI is InChI=1S/C23H33N3O5/c1-4-29-14-6-12-24-22(27)20-17-31-21(25-20)16-26(13-7-15-30-5-2)23(28)19-10-8-18(3)9-11-19/h8-11,17H,4-7,12-16H2,1-3H3,(H,24,27). The van der Waals surface area contributed by atoms with Gasteiger partial charge in [0.1, 0.15) is 6.26 Å². The zero-order chi connectivity index (χ0) is 22.5. The number of oxazole rings is 1. The molecule has 0 saturated heterocycles. The zero-order valence-corrected chi connectivity index (χ0v) is 18.7. The molecule has 2 rings (SSSR count). The summed E-state index contributed by atoms with van der Waals surface area (Å²) >= 11 is 0. The fourth-order valence-corrected chi connectivity index (χ4v) is 2.90. The van der Waals surface area contributed by atoms with E-state index in [1.807, 2.05) is 45.0 Å². The largest absolute Gasteiger partial charge is 0.446 e. The Morgan fingerprint density at radius 3 is 2.42 bits per heavy atom. The van der Waals surface area contributed by atoms with E-state index >= 15 is 0 Å². The number of carbonyl (C=O) groups is 2. The van der Waals surface area contributed by atoms with Gasteiger partial charge in [0.25, 0.3) is 11.8 Å². The quantitative estimate of drug-likeness (QED) is 0.462. The molecule has 2 amide bonds. The fourth-order valence-electron chi connectivity index (χ4n) is 2.90. The van der Waals surface area contributed by atoms with Crippen LogP contribution in [-0.4, -0.2) is 61.2 Å². The van der Waals surface area contributed by atoms with Crippen molar-refractivity contribution in [2.75, 3.05) is 39.5 Å². The molecule has 1 N–H and O–H groups in total. The van der Waals surface area contributed by atoms with Crippen molar-refractivity contribution in [1.82, 2.24) is 15.2 Å². The first-order chi connectivity index (χ1) is 15.0. The normalized spacial score (nSPS) is 10.8. The van der Waals surface area contributed by atoms with Gasteiger partial charge in [-0.1, -0.05) is 17.7 Å². The van der Waals surface area contributed by atoms with Crippen molar-refractivity contribution in [2.45, 2.75) is 40.2 Å². The highest BCUT2D eigenvalue weighted by Gasteiger charge is 2.20. The van der Waals surface area contributed by atoms with E-state index in [4.69, 9.17) is 13.9 Å². The van der Waals surface area contributed by atoms with Gasteiger partial charge in [0.05, 0.1) is 6.54 Å². The number of aromatic nitrogens is 1. The summed E-state index contributed by atoms with van der Waals surface area (Å²) in [7, 11) is 0. The molecule has 0 saturated carbocycles. The van der Waals surface area contributed by atoms with Crippen molar-refractivity contribution in [1.29, 1.82) is 0 Å². The van der Waals surface area contributed by atoms with Gasteiger partial charge in [0.15, 0.2) is 5.69 Å². The van der Waals surface area contributed by atoms with Gasteiger partial charge < -0.3 is 24.1 Å². The summed E-state index contributed by atoms with van der Waals surface area (Å²) in [6.07, 6.45) is 2.74. The molecule has 0 spiro atoms. The molecule has 1 aromatic heterocycles.